The van der Waals surface area contributed by atoms with Gasteiger partial charge in [-0.1, -0.05) is 6.42 Å². The van der Waals surface area contributed by atoms with Gasteiger partial charge in [0.15, 0.2) is 0 Å². The molecule has 2 heterocycles. The third-order valence-corrected chi connectivity index (χ3v) is 3.51. The molecule has 1 aliphatic carbocycles. The summed E-state index contributed by atoms with van der Waals surface area (Å²) in [5, 5.41) is 8.98. The van der Waals surface area contributed by atoms with E-state index in [1.165, 1.54) is 31.2 Å². The van der Waals surface area contributed by atoms with Crippen LogP contribution in [0.25, 0.3) is 0 Å². The van der Waals surface area contributed by atoms with Crippen molar-refractivity contribution >= 4 is 5.97 Å². The fourth-order valence-corrected chi connectivity index (χ4v) is 2.46. The minimum Gasteiger partial charge on any atom is -0.478 e. The van der Waals surface area contributed by atoms with E-state index < -0.39 is 5.97 Å². The maximum atomic E-state index is 11.0. The number of pyridine rings is 1. The number of nitrogens with zero attached hydrogens (tertiary/aromatic N) is 3. The summed E-state index contributed by atoms with van der Waals surface area (Å²) in [6.45, 7) is 0. The van der Waals surface area contributed by atoms with E-state index in [0.717, 1.165) is 36.9 Å². The second-order valence-electron chi connectivity index (χ2n) is 4.98. The summed E-state index contributed by atoms with van der Waals surface area (Å²) in [6.07, 6.45) is 9.47. The maximum absolute atomic E-state index is 11.0. The van der Waals surface area contributed by atoms with Crippen molar-refractivity contribution in [2.24, 2.45) is 0 Å². The summed E-state index contributed by atoms with van der Waals surface area (Å²) in [6, 6.07) is 1.44. The van der Waals surface area contributed by atoms with E-state index in [2.05, 4.69) is 15.0 Å². The first kappa shape index (κ1) is 13.5. The van der Waals surface area contributed by atoms with Crippen LogP contribution in [0, 0.1) is 0 Å². The fraction of sp³-hybridized carbons (Fsp3) is 0.333. The summed E-state index contributed by atoms with van der Waals surface area (Å²) in [4.78, 5) is 23.4. The third kappa shape index (κ3) is 2.99. The van der Waals surface area contributed by atoms with Gasteiger partial charge in [0.25, 0.3) is 0 Å². The van der Waals surface area contributed by atoms with Gasteiger partial charge < -0.3 is 9.84 Å². The number of fused-ring (bicyclic) bond motifs is 1. The van der Waals surface area contributed by atoms with Crippen LogP contribution in [0.1, 0.15) is 40.9 Å². The molecule has 0 saturated heterocycles. The van der Waals surface area contributed by atoms with Gasteiger partial charge in [0.1, 0.15) is 12.1 Å². The van der Waals surface area contributed by atoms with Gasteiger partial charge in [0.05, 0.1) is 17.5 Å². The van der Waals surface area contributed by atoms with E-state index in [1.54, 1.807) is 0 Å². The standard InChI is InChI=1S/C15H15N3O3/c19-15(20)10-6-11(8-16-7-10)21-14-12-4-2-1-3-5-13(12)17-9-18-14/h6-9H,1-5H2,(H,19,20). The Kier molecular flexibility index (Phi) is 3.77. The average Bonchev–Trinajstić information content (AvgIpc) is 2.73. The Balaban J connectivity index is 1.91. The molecule has 0 saturated carbocycles. The Morgan fingerprint density at radius 3 is 2.86 bits per heavy atom. The number of aromatic carboxylic acids is 1. The van der Waals surface area contributed by atoms with Crippen molar-refractivity contribution in [2.45, 2.75) is 32.1 Å². The Bertz CT molecular complexity index is 673. The Labute approximate surface area is 121 Å². The molecule has 1 aliphatic rings. The molecule has 0 aromatic carbocycles. The predicted octanol–water partition coefficient (Wildman–Crippen LogP) is 2.63. The molecule has 2 aromatic rings. The van der Waals surface area contributed by atoms with Crippen molar-refractivity contribution in [3.8, 4) is 11.6 Å². The normalized spacial score (nSPS) is 14.1. The molecular weight excluding hydrogens is 270 g/mol. The summed E-state index contributed by atoms with van der Waals surface area (Å²) in [5.74, 6) is -0.152. The smallest absolute Gasteiger partial charge is 0.337 e. The number of carbonyl (C=O) groups is 1. The lowest BCUT2D eigenvalue weighted by Gasteiger charge is -2.11. The van der Waals surface area contributed by atoms with Crippen molar-refractivity contribution in [1.82, 2.24) is 15.0 Å². The first-order valence-corrected chi connectivity index (χ1v) is 6.93. The zero-order chi connectivity index (χ0) is 14.7. The highest BCUT2D eigenvalue weighted by Crippen LogP contribution is 2.28. The monoisotopic (exact) mass is 285 g/mol. The largest absolute Gasteiger partial charge is 0.478 e. The SMILES string of the molecule is O=C(O)c1cncc(Oc2ncnc3c2CCCCC3)c1. The average molecular weight is 285 g/mol. The van der Waals surface area contributed by atoms with Crippen molar-refractivity contribution in [3.63, 3.8) is 0 Å². The van der Waals surface area contributed by atoms with Gasteiger partial charge in [-0.05, 0) is 31.7 Å². The molecule has 0 amide bonds. The minimum atomic E-state index is -1.03. The summed E-state index contributed by atoms with van der Waals surface area (Å²) in [5.41, 5.74) is 2.14. The van der Waals surface area contributed by atoms with Crippen LogP contribution in [-0.2, 0) is 12.8 Å². The van der Waals surface area contributed by atoms with Crippen molar-refractivity contribution in [3.05, 3.63) is 41.6 Å². The van der Waals surface area contributed by atoms with Crippen molar-refractivity contribution < 1.29 is 14.6 Å². The molecule has 6 nitrogen and oxygen atoms in total. The van der Waals surface area contributed by atoms with E-state index in [1.807, 2.05) is 0 Å². The fourth-order valence-electron chi connectivity index (χ4n) is 2.46. The van der Waals surface area contributed by atoms with E-state index in [9.17, 15) is 4.79 Å². The quantitative estimate of drug-likeness (QED) is 0.872. The molecule has 21 heavy (non-hydrogen) atoms. The lowest BCUT2D eigenvalue weighted by Crippen LogP contribution is -2.02. The highest BCUT2D eigenvalue weighted by atomic mass is 16.5. The first-order valence-electron chi connectivity index (χ1n) is 6.93. The van der Waals surface area contributed by atoms with Crippen LogP contribution in [0.2, 0.25) is 0 Å². The molecule has 3 rings (SSSR count). The van der Waals surface area contributed by atoms with Gasteiger partial charge in [-0.15, -0.1) is 0 Å². The van der Waals surface area contributed by atoms with Crippen LogP contribution in [0.3, 0.4) is 0 Å². The molecule has 1 N–H and O–H groups in total. The van der Waals surface area contributed by atoms with Crippen LogP contribution >= 0.6 is 0 Å². The molecule has 0 bridgehead atoms. The predicted molar refractivity (Wildman–Crippen MR) is 74.6 cm³/mol. The Hall–Kier alpha value is -2.50. The number of ether oxygens (including phenoxy) is 1. The Morgan fingerprint density at radius 2 is 2.00 bits per heavy atom. The zero-order valence-corrected chi connectivity index (χ0v) is 11.5. The molecule has 0 radical (unpaired) electrons. The highest BCUT2D eigenvalue weighted by Gasteiger charge is 2.16. The van der Waals surface area contributed by atoms with Crippen LogP contribution in [-0.4, -0.2) is 26.0 Å². The lowest BCUT2D eigenvalue weighted by molar-refractivity contribution is 0.0696. The van der Waals surface area contributed by atoms with Gasteiger partial charge in [-0.2, -0.15) is 0 Å². The zero-order valence-electron chi connectivity index (χ0n) is 11.5. The van der Waals surface area contributed by atoms with Crippen molar-refractivity contribution in [1.29, 1.82) is 0 Å². The highest BCUT2D eigenvalue weighted by molar-refractivity contribution is 5.87. The molecule has 2 aromatic heterocycles. The number of carboxylic acids is 1. The molecule has 6 heteroatoms. The number of hydrogen-bond acceptors (Lipinski definition) is 5. The molecule has 0 aliphatic heterocycles. The Morgan fingerprint density at radius 1 is 1.14 bits per heavy atom. The maximum Gasteiger partial charge on any atom is 0.337 e. The van der Waals surface area contributed by atoms with Crippen molar-refractivity contribution in [2.75, 3.05) is 0 Å². The molecular formula is C15H15N3O3. The van der Waals surface area contributed by atoms with Crippen LogP contribution in [0.5, 0.6) is 11.6 Å². The summed E-state index contributed by atoms with van der Waals surface area (Å²) in [7, 11) is 0. The van der Waals surface area contributed by atoms with Gasteiger partial charge in [0.2, 0.25) is 5.88 Å². The van der Waals surface area contributed by atoms with Gasteiger partial charge in [-0.3, -0.25) is 4.98 Å². The van der Waals surface area contributed by atoms with Gasteiger partial charge in [0, 0.05) is 11.8 Å². The van der Waals surface area contributed by atoms with Crippen LogP contribution < -0.4 is 4.74 Å². The van der Waals surface area contributed by atoms with E-state index in [-0.39, 0.29) is 5.56 Å². The lowest BCUT2D eigenvalue weighted by atomic mass is 10.1. The van der Waals surface area contributed by atoms with E-state index in [0.29, 0.717) is 11.6 Å². The van der Waals surface area contributed by atoms with Gasteiger partial charge >= 0.3 is 5.97 Å². The molecule has 0 spiro atoms. The third-order valence-electron chi connectivity index (χ3n) is 3.51. The molecule has 108 valence electrons. The van der Waals surface area contributed by atoms with Gasteiger partial charge in [-0.25, -0.2) is 14.8 Å². The number of rotatable bonds is 3. The van der Waals surface area contributed by atoms with E-state index >= 15 is 0 Å². The number of hydrogen-bond donors (Lipinski definition) is 1. The topological polar surface area (TPSA) is 85.2 Å². The molecule has 0 atom stereocenters. The summed E-state index contributed by atoms with van der Waals surface area (Å²) >= 11 is 0. The second-order valence-corrected chi connectivity index (χ2v) is 4.98. The number of aryl methyl sites for hydroxylation is 1. The molecule has 0 unspecified atom stereocenters. The van der Waals surface area contributed by atoms with E-state index in [4.69, 9.17) is 9.84 Å². The number of carboxylic acid groups (broad SMARTS) is 1. The number of aromatic nitrogens is 3. The summed E-state index contributed by atoms with van der Waals surface area (Å²) < 4.78 is 5.75. The minimum absolute atomic E-state index is 0.0904. The first-order chi connectivity index (χ1) is 10.2. The van der Waals surface area contributed by atoms with Crippen LogP contribution in [0.4, 0.5) is 0 Å². The molecule has 0 fully saturated rings. The second kappa shape index (κ2) is 5.87. The van der Waals surface area contributed by atoms with Crippen LogP contribution in [0.15, 0.2) is 24.8 Å².